The van der Waals surface area contributed by atoms with Gasteiger partial charge in [0.2, 0.25) is 5.88 Å². The second-order valence-corrected chi connectivity index (χ2v) is 5.07. The number of carboxylic acids is 1. The van der Waals surface area contributed by atoms with E-state index in [0.717, 1.165) is 6.54 Å². The van der Waals surface area contributed by atoms with E-state index in [-0.39, 0.29) is 25.0 Å². The normalized spacial score (nSPS) is 22.6. The Morgan fingerprint density at radius 2 is 2.30 bits per heavy atom. The number of hydrogen-bond acceptors (Lipinski definition) is 6. The molecule has 1 saturated heterocycles. The molecule has 20 heavy (non-hydrogen) atoms. The van der Waals surface area contributed by atoms with Crippen molar-refractivity contribution in [3.8, 4) is 5.88 Å². The summed E-state index contributed by atoms with van der Waals surface area (Å²) in [4.78, 5) is 21.4. The Kier molecular flexibility index (Phi) is 4.73. The van der Waals surface area contributed by atoms with Crippen LogP contribution in [0.3, 0.4) is 0 Å². The molecule has 2 heterocycles. The molecule has 2 atom stereocenters. The average Bonchev–Trinajstić information content (AvgIpc) is 2.44. The van der Waals surface area contributed by atoms with E-state index in [1.54, 1.807) is 6.20 Å². The molecule has 7 nitrogen and oxygen atoms in total. The molecule has 0 saturated carbocycles. The van der Waals surface area contributed by atoms with E-state index in [0.29, 0.717) is 24.7 Å². The summed E-state index contributed by atoms with van der Waals surface area (Å²) in [6, 6.07) is 0. The van der Waals surface area contributed by atoms with Gasteiger partial charge in [0, 0.05) is 13.1 Å². The fraction of sp³-hybridized carbons (Fsp3) is 0.615. The van der Waals surface area contributed by atoms with Crippen molar-refractivity contribution in [2.75, 3.05) is 31.2 Å². The van der Waals surface area contributed by atoms with Gasteiger partial charge in [-0.05, 0) is 12.3 Å². The maximum atomic E-state index is 11.2. The maximum Gasteiger partial charge on any atom is 0.308 e. The third-order valence-electron chi connectivity index (χ3n) is 3.27. The number of rotatable bonds is 5. The lowest BCUT2D eigenvalue weighted by atomic mass is 9.90. The molecule has 0 amide bonds. The highest BCUT2D eigenvalue weighted by Gasteiger charge is 2.30. The quantitative estimate of drug-likeness (QED) is 0.806. The van der Waals surface area contributed by atoms with Crippen molar-refractivity contribution < 1.29 is 19.7 Å². The number of aromatic nitrogens is 2. The molecule has 7 heteroatoms. The molecule has 1 aliphatic heterocycles. The van der Waals surface area contributed by atoms with Crippen LogP contribution in [-0.2, 0) is 4.79 Å². The number of piperidine rings is 1. The van der Waals surface area contributed by atoms with E-state index < -0.39 is 5.97 Å². The van der Waals surface area contributed by atoms with Gasteiger partial charge < -0.3 is 19.8 Å². The van der Waals surface area contributed by atoms with Crippen molar-refractivity contribution >= 4 is 11.8 Å². The molecule has 2 N–H and O–H groups in total. The van der Waals surface area contributed by atoms with Gasteiger partial charge in [-0.15, -0.1) is 0 Å². The zero-order chi connectivity index (χ0) is 14.5. The van der Waals surface area contributed by atoms with Crippen LogP contribution in [0, 0.1) is 11.8 Å². The molecule has 0 bridgehead atoms. The molecule has 1 aromatic rings. The Hall–Kier alpha value is -1.89. The van der Waals surface area contributed by atoms with E-state index in [9.17, 15) is 9.90 Å². The monoisotopic (exact) mass is 281 g/mol. The standard InChI is InChI=1S/C13H19N3O4/c1-9-4-10(13(18)19)8-16(7-9)11-5-14-6-12(15-11)20-3-2-17/h5-6,9-10,17H,2-4,7-8H2,1H3,(H,18,19). The topological polar surface area (TPSA) is 95.8 Å². The molecule has 0 aromatic carbocycles. The molecule has 0 radical (unpaired) electrons. The minimum Gasteiger partial charge on any atom is -0.481 e. The van der Waals surface area contributed by atoms with E-state index >= 15 is 0 Å². The second kappa shape index (κ2) is 6.51. The first-order chi connectivity index (χ1) is 9.60. The lowest BCUT2D eigenvalue weighted by Crippen LogP contribution is -2.43. The summed E-state index contributed by atoms with van der Waals surface area (Å²) in [5.74, 6) is 0.0679. The first-order valence-corrected chi connectivity index (χ1v) is 6.63. The number of aliphatic hydroxyl groups is 1. The Balaban J connectivity index is 2.11. The van der Waals surface area contributed by atoms with Crippen LogP contribution in [0.1, 0.15) is 13.3 Å². The van der Waals surface area contributed by atoms with E-state index in [1.807, 2.05) is 11.8 Å². The largest absolute Gasteiger partial charge is 0.481 e. The predicted molar refractivity (Wildman–Crippen MR) is 71.7 cm³/mol. The van der Waals surface area contributed by atoms with Gasteiger partial charge in [-0.2, -0.15) is 4.98 Å². The number of aliphatic hydroxyl groups excluding tert-OH is 1. The predicted octanol–water partition coefficient (Wildman–Crippen LogP) is 0.395. The fourth-order valence-corrected chi connectivity index (χ4v) is 2.43. The summed E-state index contributed by atoms with van der Waals surface area (Å²) >= 11 is 0. The number of hydrogen-bond donors (Lipinski definition) is 2. The van der Waals surface area contributed by atoms with Gasteiger partial charge in [0.15, 0.2) is 5.82 Å². The van der Waals surface area contributed by atoms with Gasteiger partial charge in [-0.1, -0.05) is 6.92 Å². The first kappa shape index (κ1) is 14.5. The Labute approximate surface area is 117 Å². The van der Waals surface area contributed by atoms with E-state index in [4.69, 9.17) is 9.84 Å². The van der Waals surface area contributed by atoms with Crippen LogP contribution in [-0.4, -0.2) is 52.5 Å². The van der Waals surface area contributed by atoms with Crippen LogP contribution in [0.2, 0.25) is 0 Å². The molecule has 1 aliphatic rings. The van der Waals surface area contributed by atoms with E-state index in [2.05, 4.69) is 9.97 Å². The number of carbonyl (C=O) groups is 1. The van der Waals surface area contributed by atoms with Crippen molar-refractivity contribution in [3.05, 3.63) is 12.4 Å². The van der Waals surface area contributed by atoms with Gasteiger partial charge in [-0.3, -0.25) is 9.78 Å². The number of anilines is 1. The third-order valence-corrected chi connectivity index (χ3v) is 3.27. The minimum absolute atomic E-state index is 0.0895. The highest BCUT2D eigenvalue weighted by atomic mass is 16.5. The molecule has 1 aromatic heterocycles. The van der Waals surface area contributed by atoms with Crippen LogP contribution < -0.4 is 9.64 Å². The van der Waals surface area contributed by atoms with Gasteiger partial charge in [0.1, 0.15) is 6.61 Å². The molecule has 0 spiro atoms. The Morgan fingerprint density at radius 1 is 1.50 bits per heavy atom. The average molecular weight is 281 g/mol. The highest BCUT2D eigenvalue weighted by molar-refractivity contribution is 5.71. The second-order valence-electron chi connectivity index (χ2n) is 5.07. The Bertz CT molecular complexity index is 469. The van der Waals surface area contributed by atoms with Gasteiger partial charge in [-0.25, -0.2) is 0 Å². The van der Waals surface area contributed by atoms with Crippen LogP contribution in [0.25, 0.3) is 0 Å². The molecule has 1 fully saturated rings. The molecular formula is C13H19N3O4. The summed E-state index contributed by atoms with van der Waals surface area (Å²) < 4.78 is 5.22. The number of nitrogens with zero attached hydrogens (tertiary/aromatic N) is 3. The molecular weight excluding hydrogens is 262 g/mol. The fourth-order valence-electron chi connectivity index (χ4n) is 2.43. The molecule has 2 unspecified atom stereocenters. The highest BCUT2D eigenvalue weighted by Crippen LogP contribution is 2.26. The Morgan fingerprint density at radius 3 is 3.00 bits per heavy atom. The van der Waals surface area contributed by atoms with E-state index in [1.165, 1.54) is 6.20 Å². The SMILES string of the molecule is CC1CC(C(=O)O)CN(c2cncc(OCCO)n2)C1. The number of aliphatic carboxylic acids is 1. The molecule has 0 aliphatic carbocycles. The smallest absolute Gasteiger partial charge is 0.308 e. The zero-order valence-electron chi connectivity index (χ0n) is 11.4. The molecule has 110 valence electrons. The third kappa shape index (κ3) is 3.57. The van der Waals surface area contributed by atoms with Crippen LogP contribution in [0.4, 0.5) is 5.82 Å². The zero-order valence-corrected chi connectivity index (χ0v) is 11.4. The lowest BCUT2D eigenvalue weighted by Gasteiger charge is -2.35. The van der Waals surface area contributed by atoms with Gasteiger partial charge >= 0.3 is 5.97 Å². The van der Waals surface area contributed by atoms with Gasteiger partial charge in [0.25, 0.3) is 0 Å². The van der Waals surface area contributed by atoms with Crippen molar-refractivity contribution in [1.29, 1.82) is 0 Å². The summed E-state index contributed by atoms with van der Waals surface area (Å²) in [5, 5.41) is 17.9. The summed E-state index contributed by atoms with van der Waals surface area (Å²) in [6.07, 6.45) is 3.75. The van der Waals surface area contributed by atoms with Crippen LogP contribution >= 0.6 is 0 Å². The van der Waals surface area contributed by atoms with Crippen molar-refractivity contribution in [2.24, 2.45) is 11.8 Å². The maximum absolute atomic E-state index is 11.2. The van der Waals surface area contributed by atoms with Gasteiger partial charge in [0.05, 0.1) is 24.9 Å². The summed E-state index contributed by atoms with van der Waals surface area (Å²) in [7, 11) is 0. The van der Waals surface area contributed by atoms with Crippen molar-refractivity contribution in [1.82, 2.24) is 9.97 Å². The van der Waals surface area contributed by atoms with Crippen LogP contribution in [0.15, 0.2) is 12.4 Å². The summed E-state index contributed by atoms with van der Waals surface area (Å²) in [6.45, 7) is 3.28. The van der Waals surface area contributed by atoms with Crippen LogP contribution in [0.5, 0.6) is 5.88 Å². The number of carboxylic acid groups (broad SMARTS) is 1. The summed E-state index contributed by atoms with van der Waals surface area (Å²) in [5.41, 5.74) is 0. The van der Waals surface area contributed by atoms with Crippen molar-refractivity contribution in [2.45, 2.75) is 13.3 Å². The first-order valence-electron chi connectivity index (χ1n) is 6.63. The minimum atomic E-state index is -0.776. The molecule has 2 rings (SSSR count). The lowest BCUT2D eigenvalue weighted by molar-refractivity contribution is -0.142. The van der Waals surface area contributed by atoms with Crippen molar-refractivity contribution in [3.63, 3.8) is 0 Å². The number of ether oxygens (including phenoxy) is 1.